The summed E-state index contributed by atoms with van der Waals surface area (Å²) in [5, 5.41) is 0. The summed E-state index contributed by atoms with van der Waals surface area (Å²) in [7, 11) is 1.61. The molecule has 3 heteroatoms. The first-order valence-corrected chi connectivity index (χ1v) is 4.41. The molecule has 0 heterocycles. The molecule has 0 aliphatic heterocycles. The van der Waals surface area contributed by atoms with Crippen LogP contribution >= 0.6 is 0 Å². The lowest BCUT2D eigenvalue weighted by molar-refractivity contribution is -0.133. The molecule has 0 atom stereocenters. The number of hydrogen-bond donors (Lipinski definition) is 0. The van der Waals surface area contributed by atoms with Crippen LogP contribution in [0.4, 0.5) is 0 Å². The van der Waals surface area contributed by atoms with Crippen LogP contribution in [-0.2, 0) is 9.53 Å². The fourth-order valence-corrected chi connectivity index (χ4v) is 1.16. The molecular weight excluding hydrogens is 154 g/mol. The highest BCUT2D eigenvalue weighted by atomic mass is 16.5. The minimum Gasteiger partial charge on any atom is -0.384 e. The standard InChI is InChI=1S/C9H19NO2/c1-5-10(8(2)3)9(11)6-7-12-4/h8H,5-7H2,1-4H3. The molecule has 3 nitrogen and oxygen atoms in total. The molecule has 0 aliphatic rings. The summed E-state index contributed by atoms with van der Waals surface area (Å²) >= 11 is 0. The Morgan fingerprint density at radius 3 is 2.42 bits per heavy atom. The number of amides is 1. The van der Waals surface area contributed by atoms with E-state index in [1.165, 1.54) is 0 Å². The third-order valence-corrected chi connectivity index (χ3v) is 1.80. The first-order valence-electron chi connectivity index (χ1n) is 4.41. The Morgan fingerprint density at radius 1 is 1.50 bits per heavy atom. The Balaban J connectivity index is 3.86. The van der Waals surface area contributed by atoms with Crippen molar-refractivity contribution in [2.24, 2.45) is 0 Å². The van der Waals surface area contributed by atoms with E-state index < -0.39 is 0 Å². The minimum atomic E-state index is 0.175. The van der Waals surface area contributed by atoms with Gasteiger partial charge >= 0.3 is 0 Å². The van der Waals surface area contributed by atoms with Crippen molar-refractivity contribution in [1.29, 1.82) is 0 Å². The normalized spacial score (nSPS) is 10.4. The summed E-state index contributed by atoms with van der Waals surface area (Å²) in [6.45, 7) is 7.33. The van der Waals surface area contributed by atoms with Crippen molar-refractivity contribution >= 4 is 5.91 Å². The third-order valence-electron chi connectivity index (χ3n) is 1.80. The molecule has 0 aromatic heterocycles. The van der Waals surface area contributed by atoms with Gasteiger partial charge in [0.15, 0.2) is 0 Å². The molecule has 0 spiro atoms. The topological polar surface area (TPSA) is 29.5 Å². The number of methoxy groups -OCH3 is 1. The zero-order valence-corrected chi connectivity index (χ0v) is 8.46. The Bertz CT molecular complexity index is 134. The molecule has 1 amide bonds. The highest BCUT2D eigenvalue weighted by molar-refractivity contribution is 5.76. The van der Waals surface area contributed by atoms with Crippen LogP contribution in [0.25, 0.3) is 0 Å². The van der Waals surface area contributed by atoms with Crippen LogP contribution in [0.1, 0.15) is 27.2 Å². The smallest absolute Gasteiger partial charge is 0.225 e. The van der Waals surface area contributed by atoms with Gasteiger partial charge in [0.05, 0.1) is 13.0 Å². The van der Waals surface area contributed by atoms with Gasteiger partial charge in [-0.3, -0.25) is 4.79 Å². The van der Waals surface area contributed by atoms with Crippen LogP contribution in [0.5, 0.6) is 0 Å². The molecule has 0 unspecified atom stereocenters. The van der Waals surface area contributed by atoms with Gasteiger partial charge in [0.2, 0.25) is 5.91 Å². The highest BCUT2D eigenvalue weighted by Gasteiger charge is 2.13. The van der Waals surface area contributed by atoms with Crippen molar-refractivity contribution in [3.05, 3.63) is 0 Å². The lowest BCUT2D eigenvalue weighted by atomic mass is 10.3. The van der Waals surface area contributed by atoms with Crippen LogP contribution in [-0.4, -0.2) is 37.1 Å². The van der Waals surface area contributed by atoms with Crippen molar-refractivity contribution in [3.63, 3.8) is 0 Å². The fourth-order valence-electron chi connectivity index (χ4n) is 1.16. The average molecular weight is 173 g/mol. The maximum absolute atomic E-state index is 11.4. The molecular formula is C9H19NO2. The van der Waals surface area contributed by atoms with E-state index in [1.807, 2.05) is 25.7 Å². The van der Waals surface area contributed by atoms with Gasteiger partial charge < -0.3 is 9.64 Å². The number of carbonyl (C=O) groups is 1. The maximum atomic E-state index is 11.4. The summed E-state index contributed by atoms with van der Waals surface area (Å²) in [5.74, 6) is 0.175. The molecule has 0 bridgehead atoms. The molecule has 0 aromatic rings. The molecule has 0 radical (unpaired) electrons. The lowest BCUT2D eigenvalue weighted by Crippen LogP contribution is -2.37. The highest BCUT2D eigenvalue weighted by Crippen LogP contribution is 2.00. The summed E-state index contributed by atoms with van der Waals surface area (Å²) in [4.78, 5) is 13.3. The van der Waals surface area contributed by atoms with Crippen LogP contribution in [0, 0.1) is 0 Å². The quantitative estimate of drug-likeness (QED) is 0.626. The van der Waals surface area contributed by atoms with Crippen molar-refractivity contribution in [2.75, 3.05) is 20.3 Å². The van der Waals surface area contributed by atoms with Gasteiger partial charge in [-0.05, 0) is 20.8 Å². The van der Waals surface area contributed by atoms with Gasteiger partial charge in [0.1, 0.15) is 0 Å². The van der Waals surface area contributed by atoms with Crippen molar-refractivity contribution in [2.45, 2.75) is 33.2 Å². The van der Waals surface area contributed by atoms with E-state index in [2.05, 4.69) is 0 Å². The maximum Gasteiger partial charge on any atom is 0.225 e. The van der Waals surface area contributed by atoms with Gasteiger partial charge in [-0.2, -0.15) is 0 Å². The fraction of sp³-hybridized carbons (Fsp3) is 0.889. The largest absolute Gasteiger partial charge is 0.384 e. The van der Waals surface area contributed by atoms with E-state index in [1.54, 1.807) is 7.11 Å². The van der Waals surface area contributed by atoms with Crippen molar-refractivity contribution in [3.8, 4) is 0 Å². The molecule has 0 aromatic carbocycles. The molecule has 0 N–H and O–H groups in total. The summed E-state index contributed by atoms with van der Waals surface area (Å²) < 4.78 is 4.84. The lowest BCUT2D eigenvalue weighted by Gasteiger charge is -2.24. The molecule has 12 heavy (non-hydrogen) atoms. The number of nitrogens with zero attached hydrogens (tertiary/aromatic N) is 1. The van der Waals surface area contributed by atoms with Crippen LogP contribution < -0.4 is 0 Å². The first kappa shape index (κ1) is 11.4. The van der Waals surface area contributed by atoms with E-state index in [0.717, 1.165) is 6.54 Å². The summed E-state index contributed by atoms with van der Waals surface area (Å²) in [6, 6.07) is 0.291. The van der Waals surface area contributed by atoms with Crippen LogP contribution in [0.2, 0.25) is 0 Å². The van der Waals surface area contributed by atoms with E-state index >= 15 is 0 Å². The zero-order chi connectivity index (χ0) is 9.56. The van der Waals surface area contributed by atoms with Crippen LogP contribution in [0.3, 0.4) is 0 Å². The van der Waals surface area contributed by atoms with E-state index in [-0.39, 0.29) is 5.91 Å². The molecule has 0 fully saturated rings. The SMILES string of the molecule is CCN(C(=O)CCOC)C(C)C. The molecule has 0 aliphatic carbocycles. The zero-order valence-electron chi connectivity index (χ0n) is 8.46. The predicted octanol–water partition coefficient (Wildman–Crippen LogP) is 1.28. The second kappa shape index (κ2) is 6.00. The Kier molecular flexibility index (Phi) is 5.72. The van der Waals surface area contributed by atoms with Gasteiger partial charge in [-0.25, -0.2) is 0 Å². The molecule has 0 rings (SSSR count). The molecule has 72 valence electrons. The van der Waals surface area contributed by atoms with E-state index in [4.69, 9.17) is 4.74 Å². The number of carbonyl (C=O) groups excluding carboxylic acids is 1. The third kappa shape index (κ3) is 3.72. The minimum absolute atomic E-state index is 0.175. The Morgan fingerprint density at radius 2 is 2.08 bits per heavy atom. The monoisotopic (exact) mass is 173 g/mol. The average Bonchev–Trinajstić information content (AvgIpc) is 2.01. The number of hydrogen-bond acceptors (Lipinski definition) is 2. The summed E-state index contributed by atoms with van der Waals surface area (Å²) in [5.41, 5.74) is 0. The van der Waals surface area contributed by atoms with Crippen LogP contribution in [0.15, 0.2) is 0 Å². The second-order valence-corrected chi connectivity index (χ2v) is 3.02. The Hall–Kier alpha value is -0.570. The number of rotatable bonds is 5. The van der Waals surface area contributed by atoms with Gasteiger partial charge in [-0.1, -0.05) is 0 Å². The predicted molar refractivity (Wildman–Crippen MR) is 49.0 cm³/mol. The Labute approximate surface area is 74.7 Å². The second-order valence-electron chi connectivity index (χ2n) is 3.02. The first-order chi connectivity index (χ1) is 5.63. The van der Waals surface area contributed by atoms with Gasteiger partial charge in [0, 0.05) is 19.7 Å². The van der Waals surface area contributed by atoms with Gasteiger partial charge in [-0.15, -0.1) is 0 Å². The van der Waals surface area contributed by atoms with Crippen molar-refractivity contribution < 1.29 is 9.53 Å². The molecule has 0 saturated heterocycles. The van der Waals surface area contributed by atoms with E-state index in [9.17, 15) is 4.79 Å². The summed E-state index contributed by atoms with van der Waals surface area (Å²) in [6.07, 6.45) is 0.489. The van der Waals surface area contributed by atoms with Crippen molar-refractivity contribution in [1.82, 2.24) is 4.90 Å². The van der Waals surface area contributed by atoms with E-state index in [0.29, 0.717) is 19.1 Å². The molecule has 0 saturated carbocycles. The number of ether oxygens (including phenoxy) is 1. The van der Waals surface area contributed by atoms with Gasteiger partial charge in [0.25, 0.3) is 0 Å².